The summed E-state index contributed by atoms with van der Waals surface area (Å²) in [5, 5.41) is 4.39. The second-order valence-corrected chi connectivity index (χ2v) is 12.1. The van der Waals surface area contributed by atoms with Gasteiger partial charge in [0.1, 0.15) is 22.7 Å². The molecule has 1 aliphatic carbocycles. The summed E-state index contributed by atoms with van der Waals surface area (Å²) in [5.74, 6) is 1.72. The molecule has 13 heteroatoms. The number of carbonyl (C=O) groups excluding carboxylic acids is 1. The molecule has 236 valence electrons. The Kier molecular flexibility index (Phi) is 15.0. The zero-order valence-electron chi connectivity index (χ0n) is 25.8. The van der Waals surface area contributed by atoms with Crippen LogP contribution in [0.2, 0.25) is 15.1 Å². The van der Waals surface area contributed by atoms with Crippen molar-refractivity contribution < 1.29 is 75.5 Å². The van der Waals surface area contributed by atoms with Gasteiger partial charge in [0.2, 0.25) is 6.41 Å². The molecule has 3 heterocycles. The molecule has 0 spiro atoms. The normalized spacial score (nSPS) is 15.2. The predicted molar refractivity (Wildman–Crippen MR) is 173 cm³/mol. The molecule has 0 bridgehead atoms. The summed E-state index contributed by atoms with van der Waals surface area (Å²) in [6, 6.07) is 11.1. The van der Waals surface area contributed by atoms with Crippen molar-refractivity contribution >= 4 is 52.1 Å². The largest absolute Gasteiger partial charge is 1.00 e. The summed E-state index contributed by atoms with van der Waals surface area (Å²) < 4.78 is 25.0. The summed E-state index contributed by atoms with van der Waals surface area (Å²) in [4.78, 5) is 20.1. The number of aromatic nitrogens is 2. The Labute approximate surface area is 320 Å². The predicted octanol–water partition coefficient (Wildman–Crippen LogP) is 5.99. The van der Waals surface area contributed by atoms with Crippen LogP contribution in [0.15, 0.2) is 36.4 Å². The second-order valence-electron chi connectivity index (χ2n) is 10.8. The Bertz CT molecular complexity index is 1650. The number of methoxy groups -OCH3 is 1. The second kappa shape index (κ2) is 17.0. The molecular weight excluding hydrogens is 669 g/mol. The number of benzene rings is 2. The molecule has 2 aromatic heterocycles. The van der Waals surface area contributed by atoms with Gasteiger partial charge in [0, 0.05) is 40.6 Å². The van der Waals surface area contributed by atoms with Crippen molar-refractivity contribution in [3.63, 3.8) is 0 Å². The van der Waals surface area contributed by atoms with E-state index in [9.17, 15) is 9.18 Å². The molecule has 45 heavy (non-hydrogen) atoms. The van der Waals surface area contributed by atoms with E-state index in [0.29, 0.717) is 41.1 Å². The summed E-state index contributed by atoms with van der Waals surface area (Å²) in [6.45, 7) is 7.12. The number of ether oxygens (including phenoxy) is 2. The Hall–Kier alpha value is -1.57. The fourth-order valence-electron chi connectivity index (χ4n) is 5.27. The molecule has 4 N–H and O–H groups in total. The minimum atomic E-state index is -0.643. The zero-order chi connectivity index (χ0) is 30.1. The van der Waals surface area contributed by atoms with E-state index in [1.54, 1.807) is 7.11 Å². The fraction of sp³-hybridized carbons (Fsp3) is 0.344. The smallest absolute Gasteiger partial charge is 0.870 e. The van der Waals surface area contributed by atoms with E-state index in [0.717, 1.165) is 58.4 Å². The van der Waals surface area contributed by atoms with E-state index in [1.165, 1.54) is 12.1 Å². The molecule has 2 aromatic carbocycles. The number of fused-ring (bicyclic) bond motifs is 2. The van der Waals surface area contributed by atoms with Gasteiger partial charge in [-0.15, -0.1) is 0 Å². The number of rotatable bonds is 7. The van der Waals surface area contributed by atoms with Gasteiger partial charge in [0.05, 0.1) is 34.5 Å². The molecule has 1 amide bonds. The average Bonchev–Trinajstić information content (AvgIpc) is 3.74. The molecule has 2 aliphatic rings. The fourth-order valence-corrected chi connectivity index (χ4v) is 5.92. The van der Waals surface area contributed by atoms with Gasteiger partial charge < -0.3 is 26.4 Å². The van der Waals surface area contributed by atoms with E-state index >= 15 is 0 Å². The van der Waals surface area contributed by atoms with Gasteiger partial charge in [-0.1, -0.05) is 41.7 Å². The first-order chi connectivity index (χ1) is 20.1. The maximum atomic E-state index is 13.9. The van der Waals surface area contributed by atoms with Crippen LogP contribution in [0.1, 0.15) is 54.1 Å². The minimum absolute atomic E-state index is 0. The quantitative estimate of drug-likeness (QED) is 0.143. The van der Waals surface area contributed by atoms with Gasteiger partial charge >= 0.3 is 51.4 Å². The number of nitrogens with zero attached hydrogens (tertiary/aromatic N) is 2. The van der Waals surface area contributed by atoms with Crippen molar-refractivity contribution in [2.24, 2.45) is 5.92 Å². The van der Waals surface area contributed by atoms with Crippen LogP contribution in [-0.4, -0.2) is 42.1 Å². The molecular formula is C32H34Cl3FKN4O4-. The Morgan fingerprint density at radius 2 is 1.73 bits per heavy atom. The molecule has 0 radical (unpaired) electrons. The van der Waals surface area contributed by atoms with Crippen molar-refractivity contribution in [2.75, 3.05) is 20.3 Å². The molecule has 4 aromatic rings. The van der Waals surface area contributed by atoms with Gasteiger partial charge in [-0.2, -0.15) is 0 Å². The monoisotopic (exact) mass is 701 g/mol. The third-order valence-corrected chi connectivity index (χ3v) is 8.59. The summed E-state index contributed by atoms with van der Waals surface area (Å²) in [7, 11) is 1.65. The Balaban J connectivity index is 0.000000337. The maximum absolute atomic E-state index is 13.9. The van der Waals surface area contributed by atoms with Gasteiger partial charge in [0.25, 0.3) is 0 Å². The summed E-state index contributed by atoms with van der Waals surface area (Å²) in [6.07, 6.45) is 2.97. The number of nitrogens with two attached hydrogens (primary N) is 1. The van der Waals surface area contributed by atoms with Crippen molar-refractivity contribution in [1.29, 1.82) is 0 Å². The standard InChI is InChI=1S/C20H19Cl2FN2O2.C12H12ClNO.K.H2N.H2O/c1-10-8-27-20-13(10)6-17(14(7-24-9-26)11-2-3-11)25-19(20)12-4-15(21)18(23)16(22)5-12;1-7-4-9-6-10(13)8(2)14-12(9)11(5-7)15-3;;;/h4-6,9-11,14H,2-3,7-8H2,1H3,(H,24,26);4-6H,1-3H3;;2*1H2/q;;+1;-1;/p-1. The van der Waals surface area contributed by atoms with E-state index < -0.39 is 5.82 Å². The van der Waals surface area contributed by atoms with Crippen LogP contribution in [0.4, 0.5) is 4.39 Å². The number of aryl methyl sites for hydroxylation is 2. The van der Waals surface area contributed by atoms with Crippen LogP contribution >= 0.6 is 34.8 Å². The summed E-state index contributed by atoms with van der Waals surface area (Å²) in [5.41, 5.74) is 6.05. The molecule has 1 fully saturated rings. The van der Waals surface area contributed by atoms with E-state index in [2.05, 4.69) is 29.4 Å². The average molecular weight is 703 g/mol. The number of nitrogens with one attached hydrogen (secondary N) is 1. The van der Waals surface area contributed by atoms with Crippen LogP contribution in [0.25, 0.3) is 28.3 Å². The van der Waals surface area contributed by atoms with Crippen LogP contribution < -0.4 is 66.2 Å². The molecule has 2 unspecified atom stereocenters. The molecule has 8 nitrogen and oxygen atoms in total. The first-order valence-electron chi connectivity index (χ1n) is 13.7. The maximum Gasteiger partial charge on any atom is 1.00 e. The van der Waals surface area contributed by atoms with Crippen molar-refractivity contribution in [3.8, 4) is 22.8 Å². The van der Waals surface area contributed by atoms with Gasteiger partial charge in [-0.3, -0.25) is 4.79 Å². The number of hydrogen-bond acceptors (Lipinski definition) is 6. The number of halogens is 4. The Morgan fingerprint density at radius 1 is 1.07 bits per heavy atom. The molecule has 1 aliphatic heterocycles. The minimum Gasteiger partial charge on any atom is -0.870 e. The topological polar surface area (TPSA) is 137 Å². The first-order valence-corrected chi connectivity index (χ1v) is 14.9. The number of pyridine rings is 2. The van der Waals surface area contributed by atoms with Crippen LogP contribution in [0.5, 0.6) is 11.5 Å². The van der Waals surface area contributed by atoms with E-state index in [-0.39, 0.29) is 84.9 Å². The number of amides is 1. The third kappa shape index (κ3) is 8.87. The van der Waals surface area contributed by atoms with Crippen molar-refractivity contribution in [1.82, 2.24) is 15.3 Å². The number of hydrogen-bond donors (Lipinski definition) is 1. The van der Waals surface area contributed by atoms with E-state index in [1.807, 2.05) is 26.0 Å². The van der Waals surface area contributed by atoms with Crippen LogP contribution in [-0.2, 0) is 4.79 Å². The SMILES string of the molecule is CC1COc2c1cc(C(CNC=O)C1CC1)nc2-c1cc(Cl)c(F)c(Cl)c1.COc1cc(C)cc2cc(Cl)c(C)nc12.[K+].[NH2-].[OH-]. The van der Waals surface area contributed by atoms with Crippen molar-refractivity contribution in [3.05, 3.63) is 85.9 Å². The van der Waals surface area contributed by atoms with Crippen molar-refractivity contribution in [2.45, 2.75) is 45.4 Å². The van der Waals surface area contributed by atoms with Crippen LogP contribution in [0, 0.1) is 25.6 Å². The third-order valence-electron chi connectivity index (χ3n) is 7.66. The number of carbonyl (C=O) groups is 1. The molecule has 1 saturated carbocycles. The molecule has 2 atom stereocenters. The molecule has 0 saturated heterocycles. The van der Waals surface area contributed by atoms with Crippen LogP contribution in [0.3, 0.4) is 0 Å². The van der Waals surface area contributed by atoms with E-state index in [4.69, 9.17) is 49.3 Å². The van der Waals surface area contributed by atoms with Gasteiger partial charge in [-0.05, 0) is 74.6 Å². The molecule has 6 rings (SSSR count). The first kappa shape index (κ1) is 39.6. The summed E-state index contributed by atoms with van der Waals surface area (Å²) >= 11 is 18.0. The zero-order valence-corrected chi connectivity index (χ0v) is 31.1. The van der Waals surface area contributed by atoms with Gasteiger partial charge in [-0.25, -0.2) is 14.4 Å². The Morgan fingerprint density at radius 3 is 2.33 bits per heavy atom. The van der Waals surface area contributed by atoms with Gasteiger partial charge in [0.15, 0.2) is 5.82 Å².